The van der Waals surface area contributed by atoms with E-state index in [9.17, 15) is 4.79 Å². The molecular formula is C22H23N5O. The standard InChI is InChI=1S/C22H23N5O/c28-21(16-12-25-19(26-13-16)14-1-2-14)27-10-5-15(11-22(27)6-7-22)17-3-8-23-20-18(17)4-9-24-20/h3-4,8-9,12-15H,1-2,5-7,10-11H2,(H,23,24). The van der Waals surface area contributed by atoms with Gasteiger partial charge in [0.1, 0.15) is 11.5 Å². The van der Waals surface area contributed by atoms with Gasteiger partial charge >= 0.3 is 0 Å². The van der Waals surface area contributed by atoms with Gasteiger partial charge in [-0.25, -0.2) is 15.0 Å². The van der Waals surface area contributed by atoms with E-state index in [0.717, 1.165) is 43.7 Å². The van der Waals surface area contributed by atoms with Crippen LogP contribution in [0, 0.1) is 0 Å². The second kappa shape index (κ2) is 5.87. The van der Waals surface area contributed by atoms with Crippen LogP contribution in [0.4, 0.5) is 0 Å². The number of nitrogens with one attached hydrogen (secondary N) is 1. The Labute approximate surface area is 163 Å². The molecule has 1 atom stereocenters. The molecular weight excluding hydrogens is 350 g/mol. The maximum absolute atomic E-state index is 13.2. The van der Waals surface area contributed by atoms with Crippen molar-refractivity contribution in [2.24, 2.45) is 0 Å². The van der Waals surface area contributed by atoms with Gasteiger partial charge in [0.05, 0.1) is 5.56 Å². The number of piperidine rings is 1. The summed E-state index contributed by atoms with van der Waals surface area (Å²) in [4.78, 5) is 31.8. The lowest BCUT2D eigenvalue weighted by atomic mass is 9.83. The SMILES string of the molecule is O=C(c1cnc(C2CC2)nc1)N1CCC(c2ccnc3[nH]ccc23)CC12CC2. The molecule has 2 aliphatic carbocycles. The van der Waals surface area contributed by atoms with Crippen LogP contribution >= 0.6 is 0 Å². The van der Waals surface area contributed by atoms with E-state index >= 15 is 0 Å². The summed E-state index contributed by atoms with van der Waals surface area (Å²) >= 11 is 0. The van der Waals surface area contributed by atoms with Crippen LogP contribution in [0.15, 0.2) is 36.9 Å². The van der Waals surface area contributed by atoms with Gasteiger partial charge in [-0.3, -0.25) is 4.79 Å². The minimum absolute atomic E-state index is 0.0149. The van der Waals surface area contributed by atoms with E-state index in [0.29, 0.717) is 17.4 Å². The highest BCUT2D eigenvalue weighted by Crippen LogP contribution is 2.53. The summed E-state index contributed by atoms with van der Waals surface area (Å²) in [5, 5.41) is 1.21. The molecule has 142 valence electrons. The summed E-state index contributed by atoms with van der Waals surface area (Å²) in [7, 11) is 0. The van der Waals surface area contributed by atoms with Crippen molar-refractivity contribution in [2.75, 3.05) is 6.54 Å². The number of amides is 1. The Hall–Kier alpha value is -2.76. The number of carbonyl (C=O) groups is 1. The van der Waals surface area contributed by atoms with E-state index in [1.807, 2.05) is 12.4 Å². The number of aromatic amines is 1. The molecule has 0 bridgehead atoms. The van der Waals surface area contributed by atoms with E-state index in [1.54, 1.807) is 12.4 Å². The second-order valence-corrected chi connectivity index (χ2v) is 8.62. The lowest BCUT2D eigenvalue weighted by Crippen LogP contribution is -2.47. The summed E-state index contributed by atoms with van der Waals surface area (Å²) in [6.07, 6.45) is 13.9. The number of nitrogens with zero attached hydrogens (tertiary/aromatic N) is 4. The first-order valence-electron chi connectivity index (χ1n) is 10.3. The highest BCUT2D eigenvalue weighted by atomic mass is 16.2. The number of fused-ring (bicyclic) bond motifs is 1. The van der Waals surface area contributed by atoms with Gasteiger partial charge in [0.25, 0.3) is 5.91 Å². The van der Waals surface area contributed by atoms with Crippen LogP contribution in [0.3, 0.4) is 0 Å². The smallest absolute Gasteiger partial charge is 0.257 e. The van der Waals surface area contributed by atoms with E-state index in [4.69, 9.17) is 0 Å². The molecule has 3 aromatic heterocycles. The van der Waals surface area contributed by atoms with Crippen LogP contribution in [-0.2, 0) is 0 Å². The highest BCUT2D eigenvalue weighted by Gasteiger charge is 2.53. The largest absolute Gasteiger partial charge is 0.346 e. The van der Waals surface area contributed by atoms with Crippen molar-refractivity contribution in [2.45, 2.75) is 55.9 Å². The number of likely N-dealkylation sites (tertiary alicyclic amines) is 1. The predicted octanol–water partition coefficient (Wildman–Crippen LogP) is 3.78. The molecule has 1 N–H and O–H groups in total. The lowest BCUT2D eigenvalue weighted by molar-refractivity contribution is 0.0547. The molecule has 4 heterocycles. The molecule has 3 aliphatic rings. The molecule has 6 nitrogen and oxygen atoms in total. The Bertz CT molecular complexity index is 1050. The van der Waals surface area contributed by atoms with Gasteiger partial charge in [0.15, 0.2) is 0 Å². The Morgan fingerprint density at radius 2 is 1.89 bits per heavy atom. The van der Waals surface area contributed by atoms with Gasteiger partial charge in [-0.1, -0.05) is 0 Å². The fourth-order valence-electron chi connectivity index (χ4n) is 4.89. The van der Waals surface area contributed by atoms with Crippen molar-refractivity contribution >= 4 is 16.9 Å². The van der Waals surface area contributed by atoms with Crippen molar-refractivity contribution in [3.8, 4) is 0 Å². The van der Waals surface area contributed by atoms with Crippen LogP contribution in [0.5, 0.6) is 0 Å². The molecule has 2 saturated carbocycles. The van der Waals surface area contributed by atoms with Crippen molar-refractivity contribution in [3.05, 3.63) is 53.9 Å². The molecule has 1 spiro atoms. The second-order valence-electron chi connectivity index (χ2n) is 8.62. The molecule has 0 aromatic carbocycles. The average Bonchev–Trinajstić information content (AvgIpc) is 3.66. The van der Waals surface area contributed by atoms with Crippen LogP contribution in [0.25, 0.3) is 11.0 Å². The summed E-state index contributed by atoms with van der Waals surface area (Å²) in [5.41, 5.74) is 2.96. The first-order chi connectivity index (χ1) is 13.7. The number of hydrogen-bond donors (Lipinski definition) is 1. The zero-order valence-corrected chi connectivity index (χ0v) is 15.8. The molecule has 6 heteroatoms. The number of hydrogen-bond acceptors (Lipinski definition) is 4. The fraction of sp³-hybridized carbons (Fsp3) is 0.455. The first-order valence-corrected chi connectivity index (χ1v) is 10.3. The van der Waals surface area contributed by atoms with Gasteiger partial charge in [0, 0.05) is 48.2 Å². The fourth-order valence-corrected chi connectivity index (χ4v) is 4.89. The lowest BCUT2D eigenvalue weighted by Gasteiger charge is -2.40. The van der Waals surface area contributed by atoms with Crippen LogP contribution < -0.4 is 0 Å². The summed E-state index contributed by atoms with van der Waals surface area (Å²) in [6.45, 7) is 0.794. The monoisotopic (exact) mass is 373 g/mol. The Balaban J connectivity index is 1.24. The highest BCUT2D eigenvalue weighted by molar-refractivity contribution is 5.94. The third kappa shape index (κ3) is 2.54. The Morgan fingerprint density at radius 1 is 1.07 bits per heavy atom. The minimum atomic E-state index is 0.0149. The molecule has 0 radical (unpaired) electrons. The predicted molar refractivity (Wildman–Crippen MR) is 105 cm³/mol. The first kappa shape index (κ1) is 16.2. The van der Waals surface area contributed by atoms with Gasteiger partial charge in [-0.15, -0.1) is 0 Å². The molecule has 6 rings (SSSR count). The van der Waals surface area contributed by atoms with Gasteiger partial charge in [-0.2, -0.15) is 0 Å². The molecule has 1 unspecified atom stereocenters. The number of aromatic nitrogens is 4. The molecule has 1 amide bonds. The van der Waals surface area contributed by atoms with E-state index in [1.165, 1.54) is 23.8 Å². The number of pyridine rings is 1. The Kier molecular flexibility index (Phi) is 3.40. The summed E-state index contributed by atoms with van der Waals surface area (Å²) < 4.78 is 0. The van der Waals surface area contributed by atoms with Crippen molar-refractivity contribution in [3.63, 3.8) is 0 Å². The van der Waals surface area contributed by atoms with E-state index in [2.05, 4.69) is 37.0 Å². The van der Waals surface area contributed by atoms with E-state index in [-0.39, 0.29) is 11.4 Å². The van der Waals surface area contributed by atoms with Gasteiger partial charge in [0.2, 0.25) is 0 Å². The molecule has 3 fully saturated rings. The quantitative estimate of drug-likeness (QED) is 0.758. The van der Waals surface area contributed by atoms with Crippen molar-refractivity contribution < 1.29 is 4.79 Å². The van der Waals surface area contributed by atoms with Crippen LogP contribution in [0.1, 0.15) is 72.1 Å². The Morgan fingerprint density at radius 3 is 2.64 bits per heavy atom. The average molecular weight is 373 g/mol. The summed E-state index contributed by atoms with van der Waals surface area (Å²) in [6, 6.07) is 4.27. The topological polar surface area (TPSA) is 74.8 Å². The number of carbonyl (C=O) groups excluding carboxylic acids is 1. The van der Waals surface area contributed by atoms with Crippen LogP contribution in [-0.4, -0.2) is 42.8 Å². The van der Waals surface area contributed by atoms with Crippen LogP contribution in [0.2, 0.25) is 0 Å². The molecule has 1 saturated heterocycles. The van der Waals surface area contributed by atoms with E-state index < -0.39 is 0 Å². The molecule has 3 aromatic rings. The van der Waals surface area contributed by atoms with Crippen molar-refractivity contribution in [1.82, 2.24) is 24.8 Å². The normalized spacial score (nSPS) is 23.3. The maximum atomic E-state index is 13.2. The summed E-state index contributed by atoms with van der Waals surface area (Å²) in [5.74, 6) is 1.98. The third-order valence-corrected chi connectivity index (χ3v) is 6.77. The van der Waals surface area contributed by atoms with Crippen molar-refractivity contribution in [1.29, 1.82) is 0 Å². The molecule has 28 heavy (non-hydrogen) atoms. The van der Waals surface area contributed by atoms with Gasteiger partial charge in [-0.05, 0) is 62.1 Å². The third-order valence-electron chi connectivity index (χ3n) is 6.77. The van der Waals surface area contributed by atoms with Gasteiger partial charge < -0.3 is 9.88 Å². The zero-order valence-electron chi connectivity index (χ0n) is 15.8. The molecule has 1 aliphatic heterocycles. The maximum Gasteiger partial charge on any atom is 0.257 e. The number of H-pyrrole nitrogens is 1. The minimum Gasteiger partial charge on any atom is -0.346 e. The zero-order chi connectivity index (χ0) is 18.7. The number of rotatable bonds is 3.